The van der Waals surface area contributed by atoms with Gasteiger partial charge < -0.3 is 9.59 Å². The van der Waals surface area contributed by atoms with E-state index in [0.29, 0.717) is 0 Å². The summed E-state index contributed by atoms with van der Waals surface area (Å²) >= 11 is 0. The second kappa shape index (κ2) is 4.44. The van der Waals surface area contributed by atoms with E-state index in [1.807, 2.05) is 0 Å². The van der Waals surface area contributed by atoms with Crippen molar-refractivity contribution in [3.05, 3.63) is 0 Å². The van der Waals surface area contributed by atoms with Gasteiger partial charge in [0.2, 0.25) is 0 Å². The monoisotopic (exact) mass is 166 g/mol. The van der Waals surface area contributed by atoms with Crippen LogP contribution in [0.3, 0.4) is 0 Å². The maximum Gasteiger partial charge on any atom is 0.187 e. The number of rotatable bonds is 2. The van der Waals surface area contributed by atoms with Gasteiger partial charge in [-0.3, -0.25) is 0 Å². The van der Waals surface area contributed by atoms with Crippen molar-refractivity contribution < 1.29 is 9.59 Å². The van der Waals surface area contributed by atoms with Crippen LogP contribution in [0.15, 0.2) is 0 Å². The zero-order valence-electron chi connectivity index (χ0n) is 7.58. The van der Waals surface area contributed by atoms with Crippen LogP contribution in [0.1, 0.15) is 32.1 Å². The predicted molar refractivity (Wildman–Crippen MR) is 49.7 cm³/mol. The lowest BCUT2D eigenvalue weighted by molar-refractivity contribution is -0.122. The Hall–Kier alpha value is -0.595. The lowest BCUT2D eigenvalue weighted by Gasteiger charge is -2.16. The fourth-order valence-corrected chi connectivity index (χ4v) is 2.00. The topological polar surface area (TPSA) is 34.1 Å². The zero-order chi connectivity index (χ0) is 8.97. The molecule has 3 heteroatoms. The van der Waals surface area contributed by atoms with Gasteiger partial charge in [-0.2, -0.15) is 0 Å². The molecule has 0 amide bonds. The summed E-state index contributed by atoms with van der Waals surface area (Å²) in [4.78, 5) is 21.8. The van der Waals surface area contributed by atoms with Crippen LogP contribution in [0.25, 0.3) is 0 Å². The molecule has 0 aliphatic heterocycles. The quantitative estimate of drug-likeness (QED) is 0.341. The first-order valence-corrected chi connectivity index (χ1v) is 4.71. The van der Waals surface area contributed by atoms with E-state index in [-0.39, 0.29) is 17.5 Å². The molecule has 0 radical (unpaired) electrons. The summed E-state index contributed by atoms with van der Waals surface area (Å²) < 4.78 is 0. The molecular weight excluding hydrogens is 151 g/mol. The van der Waals surface area contributed by atoms with Crippen LogP contribution in [0, 0.1) is 11.8 Å². The average Bonchev–Trinajstić information content (AvgIpc) is 2.27. The summed E-state index contributed by atoms with van der Waals surface area (Å²) in [6.45, 7) is 0. The lowest BCUT2D eigenvalue weighted by atomic mass is 9.78. The van der Waals surface area contributed by atoms with Gasteiger partial charge in [-0.25, -0.2) is 0 Å². The van der Waals surface area contributed by atoms with Gasteiger partial charge in [-0.15, -0.1) is 0 Å². The lowest BCUT2D eigenvalue weighted by Crippen LogP contribution is -2.23. The third-order valence-electron chi connectivity index (χ3n) is 2.77. The highest BCUT2D eigenvalue weighted by molar-refractivity contribution is 6.58. The third kappa shape index (κ3) is 2.19. The molecule has 0 saturated heterocycles. The van der Waals surface area contributed by atoms with Crippen molar-refractivity contribution in [2.45, 2.75) is 32.1 Å². The molecule has 0 N–H and O–H groups in total. The molecule has 2 nitrogen and oxygen atoms in total. The van der Waals surface area contributed by atoms with Crippen LogP contribution in [-0.4, -0.2) is 19.8 Å². The van der Waals surface area contributed by atoms with Gasteiger partial charge in [0.15, 0.2) is 7.85 Å². The summed E-state index contributed by atoms with van der Waals surface area (Å²) in [5, 5.41) is 0. The van der Waals surface area contributed by atoms with Gasteiger partial charge in [0.05, 0.1) is 5.68 Å². The molecule has 12 heavy (non-hydrogen) atoms. The first-order chi connectivity index (χ1) is 5.75. The van der Waals surface area contributed by atoms with Gasteiger partial charge in [0.1, 0.15) is 6.29 Å². The molecule has 66 valence electrons. The van der Waals surface area contributed by atoms with Crippen molar-refractivity contribution in [2.75, 3.05) is 0 Å². The average molecular weight is 166 g/mol. The molecule has 2 atom stereocenters. The van der Waals surface area contributed by atoms with Crippen LogP contribution < -0.4 is 0 Å². The highest BCUT2D eigenvalue weighted by Gasteiger charge is 2.25. The van der Waals surface area contributed by atoms with E-state index < -0.39 is 0 Å². The Balaban J connectivity index is 2.63. The molecule has 1 rings (SSSR count). The minimum absolute atomic E-state index is 0.00463. The number of hydrogen-bond acceptors (Lipinski definition) is 2. The van der Waals surface area contributed by atoms with Crippen molar-refractivity contribution in [3.8, 4) is 0 Å². The van der Waals surface area contributed by atoms with Crippen LogP contribution in [-0.2, 0) is 9.59 Å². The van der Waals surface area contributed by atoms with Crippen molar-refractivity contribution in [1.82, 2.24) is 0 Å². The Kier molecular flexibility index (Phi) is 3.51. The summed E-state index contributed by atoms with van der Waals surface area (Å²) in [5.41, 5.74) is 0.189. The van der Waals surface area contributed by atoms with E-state index in [4.69, 9.17) is 0 Å². The molecule has 0 spiro atoms. The van der Waals surface area contributed by atoms with Gasteiger partial charge in [-0.1, -0.05) is 19.3 Å². The maximum absolute atomic E-state index is 11.2. The molecule has 0 aromatic carbocycles. The number of carbonyl (C=O) groups excluding carboxylic acids is 2. The first-order valence-electron chi connectivity index (χ1n) is 4.71. The Morgan fingerprint density at radius 1 is 1.25 bits per heavy atom. The van der Waals surface area contributed by atoms with E-state index in [1.54, 1.807) is 7.85 Å². The van der Waals surface area contributed by atoms with Gasteiger partial charge in [0.25, 0.3) is 0 Å². The highest BCUT2D eigenvalue weighted by Crippen LogP contribution is 2.27. The minimum Gasteiger partial charge on any atom is -0.312 e. The van der Waals surface area contributed by atoms with Crippen molar-refractivity contribution in [2.24, 2.45) is 11.8 Å². The first kappa shape index (κ1) is 9.49. The summed E-state index contributed by atoms with van der Waals surface area (Å²) in [5.74, 6) is 0.0231. The van der Waals surface area contributed by atoms with E-state index in [1.165, 1.54) is 6.42 Å². The fraction of sp³-hybridized carbons (Fsp3) is 0.778. The Labute approximate surface area is 74.1 Å². The smallest absolute Gasteiger partial charge is 0.187 e. The second-order valence-electron chi connectivity index (χ2n) is 3.66. The minimum atomic E-state index is 0.00463. The Bertz CT molecular complexity index is 179. The van der Waals surface area contributed by atoms with Gasteiger partial charge in [0, 0.05) is 11.8 Å². The zero-order valence-corrected chi connectivity index (χ0v) is 7.58. The van der Waals surface area contributed by atoms with Crippen LogP contribution in [0.2, 0.25) is 0 Å². The second-order valence-corrected chi connectivity index (χ2v) is 3.66. The predicted octanol–water partition coefficient (Wildman–Crippen LogP) is 0.541. The van der Waals surface area contributed by atoms with Crippen molar-refractivity contribution in [1.29, 1.82) is 0 Å². The standard InChI is InChI=1S/C9H15BO2/c10-9(12)8-5-3-1-2-4-7(8)6-11/h6-8H,1-5,10H2. The summed E-state index contributed by atoms with van der Waals surface area (Å²) in [6.07, 6.45) is 6.18. The highest BCUT2D eigenvalue weighted by atomic mass is 16.1. The van der Waals surface area contributed by atoms with Crippen LogP contribution in [0.5, 0.6) is 0 Å². The third-order valence-corrected chi connectivity index (χ3v) is 2.77. The molecule has 1 aliphatic rings. The normalized spacial score (nSPS) is 30.7. The molecular formula is C9H15BO2. The van der Waals surface area contributed by atoms with Crippen molar-refractivity contribution in [3.63, 3.8) is 0 Å². The fourth-order valence-electron chi connectivity index (χ4n) is 2.00. The number of carbonyl (C=O) groups is 2. The summed E-state index contributed by atoms with van der Waals surface area (Å²) in [6, 6.07) is 0. The van der Waals surface area contributed by atoms with E-state index in [2.05, 4.69) is 0 Å². The van der Waals surface area contributed by atoms with E-state index in [0.717, 1.165) is 32.0 Å². The molecule has 1 aliphatic carbocycles. The largest absolute Gasteiger partial charge is 0.312 e. The molecule has 0 aromatic rings. The molecule has 2 unspecified atom stereocenters. The van der Waals surface area contributed by atoms with Crippen LogP contribution in [0.4, 0.5) is 0 Å². The van der Waals surface area contributed by atoms with E-state index in [9.17, 15) is 9.59 Å². The van der Waals surface area contributed by atoms with E-state index >= 15 is 0 Å². The number of aldehydes is 1. The maximum atomic E-state index is 11.2. The van der Waals surface area contributed by atoms with Gasteiger partial charge >= 0.3 is 0 Å². The number of hydrogen-bond donors (Lipinski definition) is 0. The SMILES string of the molecule is BC(=O)C1CCCCCC1C=O. The molecule has 0 bridgehead atoms. The molecule has 0 aromatic heterocycles. The van der Waals surface area contributed by atoms with Crippen LogP contribution >= 0.6 is 0 Å². The molecule has 0 heterocycles. The molecule has 1 saturated carbocycles. The van der Waals surface area contributed by atoms with Gasteiger partial charge in [-0.05, 0) is 12.8 Å². The Morgan fingerprint density at radius 2 is 1.92 bits per heavy atom. The summed E-state index contributed by atoms with van der Waals surface area (Å²) in [7, 11) is 1.60. The molecule has 1 fully saturated rings. The Morgan fingerprint density at radius 3 is 2.50 bits per heavy atom. The van der Waals surface area contributed by atoms with Crippen molar-refractivity contribution >= 4 is 19.8 Å².